The van der Waals surface area contributed by atoms with Gasteiger partial charge in [-0.05, 0) is 70.3 Å². The van der Waals surface area contributed by atoms with E-state index in [1.165, 1.54) is 6.08 Å². The quantitative estimate of drug-likeness (QED) is 0.0784. The summed E-state index contributed by atoms with van der Waals surface area (Å²) >= 11 is 0. The molecule has 2 saturated heterocycles. The number of aromatic amines is 1. The highest BCUT2D eigenvalue weighted by Crippen LogP contribution is 2.55. The molecule has 0 unspecified atom stereocenters. The monoisotopic (exact) mass is 653 g/mol. The Kier molecular flexibility index (Phi) is 7.35. The third-order valence-corrected chi connectivity index (χ3v) is 10.3. The van der Waals surface area contributed by atoms with E-state index >= 15 is 0 Å². The van der Waals surface area contributed by atoms with Crippen LogP contribution in [0.15, 0.2) is 84.9 Å². The minimum Gasteiger partial charge on any atom is -0.508 e. The number of esters is 1. The molecule has 2 aliphatic heterocycles. The SMILES string of the molecule is O=C(Oc1c(CO)[nH]c2ccc3cc4ccccc4cc3c12)[C@@H]1O[C@@]2(O)[C@@H](O)C=C[C@H]3C[C@@H]([C@H](CO)Cc4ccc(O)cc4)O[C@@H]1[C@]32O. The topological polar surface area (TPSA) is 182 Å². The highest BCUT2D eigenvalue weighted by molar-refractivity contribution is 6.14. The number of phenolic OH excluding ortho intramolecular Hbond substituents is 1. The number of phenols is 1. The lowest BCUT2D eigenvalue weighted by atomic mass is 9.66. The lowest BCUT2D eigenvalue weighted by Crippen LogP contribution is -2.70. The molecule has 248 valence electrons. The van der Waals surface area contributed by atoms with E-state index in [0.29, 0.717) is 17.3 Å². The second kappa shape index (κ2) is 11.4. The third-order valence-electron chi connectivity index (χ3n) is 10.3. The van der Waals surface area contributed by atoms with Crippen LogP contribution >= 0.6 is 0 Å². The number of benzene rings is 4. The van der Waals surface area contributed by atoms with E-state index < -0.39 is 60.2 Å². The lowest BCUT2D eigenvalue weighted by molar-refractivity contribution is -0.326. The number of hydrogen-bond donors (Lipinski definition) is 7. The Balaban J connectivity index is 1.17. The summed E-state index contributed by atoms with van der Waals surface area (Å²) < 4.78 is 18.3. The van der Waals surface area contributed by atoms with E-state index in [1.807, 2.05) is 48.5 Å². The van der Waals surface area contributed by atoms with E-state index in [2.05, 4.69) is 4.98 Å². The number of rotatable bonds is 7. The van der Waals surface area contributed by atoms with Crippen molar-refractivity contribution >= 4 is 38.4 Å². The maximum Gasteiger partial charge on any atom is 0.343 e. The summed E-state index contributed by atoms with van der Waals surface area (Å²) in [4.78, 5) is 17.3. The van der Waals surface area contributed by atoms with Crippen LogP contribution in [0.5, 0.6) is 11.5 Å². The zero-order valence-corrected chi connectivity index (χ0v) is 25.7. The van der Waals surface area contributed by atoms with Crippen molar-refractivity contribution in [3.8, 4) is 11.5 Å². The van der Waals surface area contributed by atoms with Gasteiger partial charge in [-0.2, -0.15) is 0 Å². The van der Waals surface area contributed by atoms with Crippen molar-refractivity contribution in [1.29, 1.82) is 0 Å². The van der Waals surface area contributed by atoms with Gasteiger partial charge >= 0.3 is 5.97 Å². The standard InChI is InChI=1S/C37H35NO10/c39-17-23(13-19-5-9-25(41)10-6-19)29-16-24-8-12-30(42)37(45)36(24,44)34(46-29)33(48-37)35(43)47-32-28(18-40)38-27-11-7-22-14-20-3-1-2-4-21(20)15-26(22)31(27)32/h1-12,14-15,23-24,29-30,33-34,38-42,44-45H,13,16-18H2/t23-,24-,29-,30-,33+,34-,36+,37-/m0/s1. The van der Waals surface area contributed by atoms with Crippen LogP contribution in [0.4, 0.5) is 0 Å². The number of fused-ring (bicyclic) bond motifs is 4. The molecule has 7 N–H and O–H groups in total. The van der Waals surface area contributed by atoms with Gasteiger partial charge in [-0.15, -0.1) is 0 Å². The number of H-pyrrole nitrogens is 1. The zero-order chi connectivity index (χ0) is 33.4. The second-order valence-corrected chi connectivity index (χ2v) is 13.1. The fourth-order valence-corrected chi connectivity index (χ4v) is 7.85. The van der Waals surface area contributed by atoms with Gasteiger partial charge in [-0.25, -0.2) is 4.79 Å². The van der Waals surface area contributed by atoms with Crippen LogP contribution in [-0.4, -0.2) is 84.0 Å². The molecule has 48 heavy (non-hydrogen) atoms. The van der Waals surface area contributed by atoms with Crippen LogP contribution in [0, 0.1) is 11.8 Å². The van der Waals surface area contributed by atoms with Gasteiger partial charge in [0.15, 0.2) is 17.5 Å². The Morgan fingerprint density at radius 1 is 0.979 bits per heavy atom. The summed E-state index contributed by atoms with van der Waals surface area (Å²) in [5.41, 5.74) is -0.539. The molecule has 0 amide bonds. The van der Waals surface area contributed by atoms with Gasteiger partial charge in [0.1, 0.15) is 18.0 Å². The summed E-state index contributed by atoms with van der Waals surface area (Å²) in [6.07, 6.45) is -2.14. The van der Waals surface area contributed by atoms with Gasteiger partial charge in [0.05, 0.1) is 29.3 Å². The molecule has 0 spiro atoms. The molecule has 1 aromatic heterocycles. The van der Waals surface area contributed by atoms with Crippen molar-refractivity contribution in [2.24, 2.45) is 11.8 Å². The summed E-state index contributed by atoms with van der Waals surface area (Å²) in [6, 6.07) is 22.2. The lowest BCUT2D eigenvalue weighted by Gasteiger charge is -2.52. The Labute approximate surface area is 274 Å². The maximum atomic E-state index is 14.2. The number of nitrogens with one attached hydrogen (secondary N) is 1. The Bertz CT molecular complexity index is 2070. The number of aliphatic hydroxyl groups is 5. The van der Waals surface area contributed by atoms with Crippen LogP contribution < -0.4 is 4.74 Å². The molecule has 0 saturated carbocycles. The molecule has 2 fully saturated rings. The summed E-state index contributed by atoms with van der Waals surface area (Å²) in [7, 11) is 0. The Morgan fingerprint density at radius 2 is 1.73 bits per heavy atom. The molecule has 0 bridgehead atoms. The van der Waals surface area contributed by atoms with Crippen molar-refractivity contribution in [3.05, 3.63) is 96.2 Å². The van der Waals surface area contributed by atoms with Gasteiger partial charge < -0.3 is 49.8 Å². The fraction of sp³-hybridized carbons (Fsp3) is 0.324. The first-order valence-corrected chi connectivity index (χ1v) is 16.0. The van der Waals surface area contributed by atoms with Gasteiger partial charge in [-0.3, -0.25) is 0 Å². The normalized spacial score (nSPS) is 30.1. The largest absolute Gasteiger partial charge is 0.508 e. The molecule has 8 rings (SSSR count). The first-order valence-electron chi connectivity index (χ1n) is 16.0. The Morgan fingerprint density at radius 3 is 2.46 bits per heavy atom. The van der Waals surface area contributed by atoms with Gasteiger partial charge in [0.25, 0.3) is 0 Å². The minimum absolute atomic E-state index is 0.0685. The van der Waals surface area contributed by atoms with E-state index in [9.17, 15) is 35.4 Å². The number of carbonyl (C=O) groups is 1. The first-order chi connectivity index (χ1) is 23.1. The number of aliphatic hydroxyl groups excluding tert-OH is 3. The molecule has 1 aliphatic carbocycles. The summed E-state index contributed by atoms with van der Waals surface area (Å²) in [5, 5.41) is 69.3. The minimum atomic E-state index is -2.59. The van der Waals surface area contributed by atoms with Crippen molar-refractivity contribution in [2.75, 3.05) is 6.61 Å². The highest BCUT2D eigenvalue weighted by atomic mass is 16.7. The van der Waals surface area contributed by atoms with Crippen LogP contribution in [0.1, 0.15) is 17.7 Å². The summed E-state index contributed by atoms with van der Waals surface area (Å²) in [5.74, 6) is -4.72. The molecule has 8 atom stereocenters. The van der Waals surface area contributed by atoms with Crippen LogP contribution in [0.25, 0.3) is 32.4 Å². The third kappa shape index (κ3) is 4.58. The molecule has 11 nitrogen and oxygen atoms in total. The van der Waals surface area contributed by atoms with Gasteiger partial charge in [-0.1, -0.05) is 54.6 Å². The van der Waals surface area contributed by atoms with E-state index in [1.54, 1.807) is 30.3 Å². The predicted molar refractivity (Wildman–Crippen MR) is 174 cm³/mol. The van der Waals surface area contributed by atoms with Crippen LogP contribution in [0.3, 0.4) is 0 Å². The molecule has 3 aliphatic rings. The van der Waals surface area contributed by atoms with E-state index in [0.717, 1.165) is 27.1 Å². The van der Waals surface area contributed by atoms with Crippen molar-refractivity contribution in [2.45, 2.75) is 55.3 Å². The highest BCUT2D eigenvalue weighted by Gasteiger charge is 2.75. The molecule has 0 radical (unpaired) electrons. The average Bonchev–Trinajstić information content (AvgIpc) is 3.57. The summed E-state index contributed by atoms with van der Waals surface area (Å²) in [6.45, 7) is -0.763. The molecular weight excluding hydrogens is 618 g/mol. The van der Waals surface area contributed by atoms with E-state index in [4.69, 9.17) is 14.2 Å². The van der Waals surface area contributed by atoms with Crippen molar-refractivity contribution in [3.63, 3.8) is 0 Å². The van der Waals surface area contributed by atoms with Crippen molar-refractivity contribution < 1.29 is 49.6 Å². The zero-order valence-electron chi connectivity index (χ0n) is 25.7. The number of carbonyl (C=O) groups excluding carboxylic acids is 1. The fourth-order valence-electron chi connectivity index (χ4n) is 7.85. The molecule has 11 heteroatoms. The second-order valence-electron chi connectivity index (χ2n) is 13.1. The van der Waals surface area contributed by atoms with Gasteiger partial charge in [0.2, 0.25) is 5.79 Å². The van der Waals surface area contributed by atoms with E-state index in [-0.39, 0.29) is 30.2 Å². The Hall–Kier alpha value is -4.33. The molecule has 3 heterocycles. The average molecular weight is 654 g/mol. The number of aromatic hydroxyl groups is 1. The number of hydrogen-bond acceptors (Lipinski definition) is 10. The maximum absolute atomic E-state index is 14.2. The number of aromatic nitrogens is 1. The molecular formula is C37H35NO10. The first kappa shape index (κ1) is 31.0. The predicted octanol–water partition coefficient (Wildman–Crippen LogP) is 2.95. The van der Waals surface area contributed by atoms with Gasteiger partial charge in [0, 0.05) is 18.4 Å². The number of ether oxygens (including phenoxy) is 3. The molecule has 4 aromatic carbocycles. The van der Waals surface area contributed by atoms with Crippen LogP contribution in [-0.2, 0) is 27.3 Å². The van der Waals surface area contributed by atoms with Crippen LogP contribution in [0.2, 0.25) is 0 Å². The van der Waals surface area contributed by atoms with Crippen molar-refractivity contribution in [1.82, 2.24) is 4.98 Å². The smallest absolute Gasteiger partial charge is 0.343 e. The molecule has 5 aromatic rings.